The topological polar surface area (TPSA) is 110 Å². The second-order valence-corrected chi connectivity index (χ2v) is 9.96. The molecule has 0 bridgehead atoms. The maximum Gasteiger partial charge on any atom is 0.272 e. The smallest absolute Gasteiger partial charge is 0.272 e. The van der Waals surface area contributed by atoms with Gasteiger partial charge in [-0.05, 0) is 74.5 Å². The molecule has 3 amide bonds. The first-order valence-electron chi connectivity index (χ1n) is 12.7. The molecule has 9 heteroatoms. The van der Waals surface area contributed by atoms with Gasteiger partial charge in [-0.25, -0.2) is 0 Å². The van der Waals surface area contributed by atoms with E-state index in [0.717, 1.165) is 4.90 Å². The summed E-state index contributed by atoms with van der Waals surface area (Å²) in [6.45, 7) is 4.21. The predicted octanol–water partition coefficient (Wildman–Crippen LogP) is 6.21. The highest BCUT2D eigenvalue weighted by atomic mass is 32.2. The van der Waals surface area contributed by atoms with Gasteiger partial charge in [-0.15, -0.1) is 11.8 Å². The van der Waals surface area contributed by atoms with Crippen LogP contribution in [0.5, 0.6) is 5.75 Å². The number of furan rings is 1. The minimum Gasteiger partial charge on any atom is -0.492 e. The lowest BCUT2D eigenvalue weighted by atomic mass is 10.2. The largest absolute Gasteiger partial charge is 0.492 e. The van der Waals surface area contributed by atoms with E-state index in [1.54, 1.807) is 60.7 Å². The van der Waals surface area contributed by atoms with Crippen LogP contribution in [0.3, 0.4) is 0 Å². The molecule has 1 unspecified atom stereocenters. The number of rotatable bonds is 11. The molecule has 0 aliphatic carbocycles. The van der Waals surface area contributed by atoms with Crippen LogP contribution < -0.4 is 20.7 Å². The summed E-state index contributed by atoms with van der Waals surface area (Å²) in [5.74, 6) is -0.0490. The Morgan fingerprint density at radius 1 is 0.900 bits per heavy atom. The molecule has 4 rings (SSSR count). The summed E-state index contributed by atoms with van der Waals surface area (Å²) < 4.78 is 10.9. The van der Waals surface area contributed by atoms with Crippen molar-refractivity contribution in [2.45, 2.75) is 24.0 Å². The van der Waals surface area contributed by atoms with Gasteiger partial charge in [-0.1, -0.05) is 30.3 Å². The van der Waals surface area contributed by atoms with Crippen molar-refractivity contribution in [1.82, 2.24) is 5.32 Å². The molecule has 204 valence electrons. The molecule has 0 saturated heterocycles. The van der Waals surface area contributed by atoms with E-state index < -0.39 is 11.8 Å². The van der Waals surface area contributed by atoms with Gasteiger partial charge >= 0.3 is 0 Å². The van der Waals surface area contributed by atoms with Crippen molar-refractivity contribution in [2.75, 3.05) is 17.2 Å². The van der Waals surface area contributed by atoms with Gasteiger partial charge in [-0.2, -0.15) is 0 Å². The van der Waals surface area contributed by atoms with E-state index in [-0.39, 0.29) is 16.9 Å². The summed E-state index contributed by atoms with van der Waals surface area (Å²) >= 11 is 1.39. The summed E-state index contributed by atoms with van der Waals surface area (Å²) in [6.07, 6.45) is 2.94. The van der Waals surface area contributed by atoms with Crippen LogP contribution in [0.15, 0.2) is 112 Å². The fraction of sp³-hybridized carbons (Fsp3) is 0.129. The first-order chi connectivity index (χ1) is 19.4. The Kier molecular flexibility index (Phi) is 9.79. The van der Waals surface area contributed by atoms with Crippen molar-refractivity contribution in [1.29, 1.82) is 0 Å². The molecule has 1 aromatic heterocycles. The van der Waals surface area contributed by atoms with Crippen molar-refractivity contribution in [2.24, 2.45) is 0 Å². The lowest BCUT2D eigenvalue weighted by molar-refractivity contribution is -0.115. The van der Waals surface area contributed by atoms with Crippen LogP contribution in [0.25, 0.3) is 6.08 Å². The van der Waals surface area contributed by atoms with Crippen LogP contribution in [0.2, 0.25) is 0 Å². The summed E-state index contributed by atoms with van der Waals surface area (Å²) in [7, 11) is 0. The van der Waals surface area contributed by atoms with Gasteiger partial charge < -0.3 is 25.1 Å². The fourth-order valence-corrected chi connectivity index (χ4v) is 4.48. The Hall–Kier alpha value is -4.76. The summed E-state index contributed by atoms with van der Waals surface area (Å²) in [5, 5.41) is 8.00. The standard InChI is InChI=1S/C31H29N3O5S/c1-3-38-28-14-8-7-13-26(28)33-29(35)21(2)40-25-17-15-23(16-18-25)32-31(37)27(20-24-12-9-19-39-24)34-30(36)22-10-5-4-6-11-22/h4-21H,3H2,1-2H3,(H,32,37)(H,33,35)(H,34,36)/b27-20-. The summed E-state index contributed by atoms with van der Waals surface area (Å²) in [4.78, 5) is 39.4. The van der Waals surface area contributed by atoms with Crippen LogP contribution in [-0.4, -0.2) is 29.6 Å². The maximum atomic E-state index is 13.1. The monoisotopic (exact) mass is 555 g/mol. The molecule has 1 atom stereocenters. The third-order valence-corrected chi connectivity index (χ3v) is 6.71. The molecule has 0 aliphatic rings. The van der Waals surface area contributed by atoms with Crippen LogP contribution in [0.1, 0.15) is 30.0 Å². The number of anilines is 2. The van der Waals surface area contributed by atoms with E-state index in [1.807, 2.05) is 44.2 Å². The Morgan fingerprint density at radius 2 is 1.62 bits per heavy atom. The van der Waals surface area contributed by atoms with Crippen molar-refractivity contribution in [3.63, 3.8) is 0 Å². The second kappa shape index (κ2) is 13.9. The molecule has 40 heavy (non-hydrogen) atoms. The molecule has 8 nitrogen and oxygen atoms in total. The zero-order chi connectivity index (χ0) is 28.3. The zero-order valence-electron chi connectivity index (χ0n) is 22.0. The normalized spacial score (nSPS) is 11.8. The Labute approximate surface area is 236 Å². The number of hydrogen-bond acceptors (Lipinski definition) is 6. The third kappa shape index (κ3) is 7.87. The molecule has 0 saturated carbocycles. The Morgan fingerprint density at radius 3 is 2.33 bits per heavy atom. The first-order valence-corrected chi connectivity index (χ1v) is 13.5. The average Bonchev–Trinajstić information content (AvgIpc) is 3.48. The van der Waals surface area contributed by atoms with Crippen LogP contribution >= 0.6 is 11.8 Å². The maximum absolute atomic E-state index is 13.1. The average molecular weight is 556 g/mol. The number of carbonyl (C=O) groups is 3. The molecule has 4 aromatic rings. The second-order valence-electron chi connectivity index (χ2n) is 8.55. The number of ether oxygens (including phenoxy) is 1. The van der Waals surface area contributed by atoms with Crippen LogP contribution in [-0.2, 0) is 9.59 Å². The Balaban J connectivity index is 1.39. The fourth-order valence-electron chi connectivity index (χ4n) is 3.62. The highest BCUT2D eigenvalue weighted by Gasteiger charge is 2.18. The number of hydrogen-bond donors (Lipinski definition) is 3. The Bertz CT molecular complexity index is 1470. The number of nitrogens with one attached hydrogen (secondary N) is 3. The quantitative estimate of drug-likeness (QED) is 0.150. The summed E-state index contributed by atoms with van der Waals surface area (Å²) in [6, 6.07) is 26.4. The molecule has 0 radical (unpaired) electrons. The molecular formula is C31H29N3O5S. The van der Waals surface area contributed by atoms with Crippen molar-refractivity contribution in [3.8, 4) is 5.75 Å². The molecule has 3 aromatic carbocycles. The number of para-hydroxylation sites is 2. The number of thioether (sulfide) groups is 1. The number of benzene rings is 3. The zero-order valence-corrected chi connectivity index (χ0v) is 22.9. The third-order valence-electron chi connectivity index (χ3n) is 5.60. The minimum atomic E-state index is -0.512. The van der Waals surface area contributed by atoms with Gasteiger partial charge in [0.1, 0.15) is 17.2 Å². The van der Waals surface area contributed by atoms with Gasteiger partial charge in [0.25, 0.3) is 11.8 Å². The molecular weight excluding hydrogens is 526 g/mol. The van der Waals surface area contributed by atoms with Gasteiger partial charge in [-0.3, -0.25) is 14.4 Å². The van der Waals surface area contributed by atoms with E-state index in [2.05, 4.69) is 16.0 Å². The highest BCUT2D eigenvalue weighted by Crippen LogP contribution is 2.28. The predicted molar refractivity (Wildman–Crippen MR) is 157 cm³/mol. The number of amides is 3. The number of carbonyl (C=O) groups excluding carboxylic acids is 3. The minimum absolute atomic E-state index is 0.0277. The van der Waals surface area contributed by atoms with Crippen LogP contribution in [0.4, 0.5) is 11.4 Å². The van der Waals surface area contributed by atoms with E-state index in [9.17, 15) is 14.4 Å². The molecule has 1 heterocycles. The van der Waals surface area contributed by atoms with Gasteiger partial charge in [0.2, 0.25) is 5.91 Å². The lowest BCUT2D eigenvalue weighted by Gasteiger charge is -2.15. The van der Waals surface area contributed by atoms with Crippen LogP contribution in [0, 0.1) is 0 Å². The molecule has 0 fully saturated rings. The SMILES string of the molecule is CCOc1ccccc1NC(=O)C(C)Sc1ccc(NC(=O)/C(=C/c2ccco2)NC(=O)c2ccccc2)cc1. The molecule has 0 aliphatic heterocycles. The van der Waals surface area contributed by atoms with E-state index in [1.165, 1.54) is 24.1 Å². The van der Waals surface area contributed by atoms with E-state index >= 15 is 0 Å². The van der Waals surface area contributed by atoms with Crippen molar-refractivity contribution >= 4 is 46.9 Å². The molecule has 3 N–H and O–H groups in total. The van der Waals surface area contributed by atoms with Gasteiger partial charge in [0.05, 0.1) is 23.8 Å². The first kappa shape index (κ1) is 28.3. The highest BCUT2D eigenvalue weighted by molar-refractivity contribution is 8.00. The lowest BCUT2D eigenvalue weighted by Crippen LogP contribution is -2.30. The van der Waals surface area contributed by atoms with Crippen molar-refractivity contribution < 1.29 is 23.5 Å². The molecule has 0 spiro atoms. The van der Waals surface area contributed by atoms with Gasteiger partial charge in [0.15, 0.2) is 0 Å². The van der Waals surface area contributed by atoms with E-state index in [0.29, 0.717) is 35.1 Å². The van der Waals surface area contributed by atoms with Gasteiger partial charge in [0, 0.05) is 22.2 Å². The van der Waals surface area contributed by atoms with Crippen molar-refractivity contribution in [3.05, 3.63) is 114 Å². The summed E-state index contributed by atoms with van der Waals surface area (Å²) in [5.41, 5.74) is 1.59. The van der Waals surface area contributed by atoms with E-state index in [4.69, 9.17) is 9.15 Å².